The van der Waals surface area contributed by atoms with E-state index in [9.17, 15) is 0 Å². The Morgan fingerprint density at radius 1 is 1.05 bits per heavy atom. The second kappa shape index (κ2) is 6.36. The van der Waals surface area contributed by atoms with Crippen LogP contribution < -0.4 is 11.1 Å². The third-order valence-corrected chi connectivity index (χ3v) is 6.43. The fourth-order valence-electron chi connectivity index (χ4n) is 4.44. The first kappa shape index (κ1) is 14.8. The molecule has 0 saturated heterocycles. The van der Waals surface area contributed by atoms with Crippen molar-refractivity contribution >= 4 is 0 Å². The summed E-state index contributed by atoms with van der Waals surface area (Å²) in [5, 5.41) is 3.99. The van der Waals surface area contributed by atoms with Crippen LogP contribution in [0.1, 0.15) is 71.1 Å². The molecule has 3 aliphatic rings. The van der Waals surface area contributed by atoms with Crippen molar-refractivity contribution in [3.63, 3.8) is 0 Å². The highest BCUT2D eigenvalue weighted by Gasteiger charge is 2.42. The van der Waals surface area contributed by atoms with Crippen molar-refractivity contribution in [2.24, 2.45) is 29.4 Å². The number of rotatable bonds is 7. The van der Waals surface area contributed by atoms with Gasteiger partial charge in [-0.3, -0.25) is 0 Å². The van der Waals surface area contributed by atoms with Crippen LogP contribution in [-0.4, -0.2) is 18.6 Å². The summed E-state index contributed by atoms with van der Waals surface area (Å²) in [6.45, 7) is 4.44. The fraction of sp³-hybridized carbons (Fsp3) is 1.00. The van der Waals surface area contributed by atoms with E-state index in [2.05, 4.69) is 12.2 Å². The molecule has 0 radical (unpaired) electrons. The van der Waals surface area contributed by atoms with E-state index in [0.717, 1.165) is 30.2 Å². The summed E-state index contributed by atoms with van der Waals surface area (Å²) in [4.78, 5) is 0. The van der Waals surface area contributed by atoms with Gasteiger partial charge in [0.2, 0.25) is 0 Å². The Balaban J connectivity index is 1.54. The van der Waals surface area contributed by atoms with Crippen molar-refractivity contribution in [3.8, 4) is 0 Å². The van der Waals surface area contributed by atoms with Gasteiger partial charge in [0.05, 0.1) is 0 Å². The van der Waals surface area contributed by atoms with Crippen LogP contribution in [0.3, 0.4) is 0 Å². The Hall–Kier alpha value is -0.0800. The first-order chi connectivity index (χ1) is 9.76. The molecule has 0 amide bonds. The Morgan fingerprint density at radius 2 is 1.75 bits per heavy atom. The molecule has 20 heavy (non-hydrogen) atoms. The van der Waals surface area contributed by atoms with E-state index in [1.807, 2.05) is 0 Å². The quantitative estimate of drug-likeness (QED) is 0.697. The topological polar surface area (TPSA) is 38.0 Å². The van der Waals surface area contributed by atoms with Gasteiger partial charge in [0.1, 0.15) is 0 Å². The Labute approximate surface area is 125 Å². The van der Waals surface area contributed by atoms with Crippen LogP contribution in [0.5, 0.6) is 0 Å². The van der Waals surface area contributed by atoms with Crippen LogP contribution in [0.2, 0.25) is 0 Å². The molecule has 0 spiro atoms. The van der Waals surface area contributed by atoms with E-state index in [4.69, 9.17) is 5.73 Å². The second-order valence-corrected chi connectivity index (χ2v) is 7.91. The molecule has 3 rings (SSSR count). The molecule has 2 nitrogen and oxygen atoms in total. The summed E-state index contributed by atoms with van der Waals surface area (Å²) < 4.78 is 0. The third kappa shape index (κ3) is 3.57. The van der Waals surface area contributed by atoms with E-state index in [1.54, 1.807) is 0 Å². The normalized spacial score (nSPS) is 35.2. The molecular weight excluding hydrogens is 244 g/mol. The molecule has 3 fully saturated rings. The standard InChI is InChI=1S/C18H34N2/c1-2-14-4-3-10-18(13-19,11-9-14)20-12-17(15-5-6-15)16-7-8-16/h14-17,20H,2-13,19H2,1H3. The number of nitrogens with one attached hydrogen (secondary N) is 1. The molecule has 0 aromatic rings. The molecule has 0 aromatic carbocycles. The lowest BCUT2D eigenvalue weighted by atomic mass is 9.87. The molecule has 0 bridgehead atoms. The van der Waals surface area contributed by atoms with Crippen LogP contribution in [-0.2, 0) is 0 Å². The number of hydrogen-bond donors (Lipinski definition) is 2. The maximum atomic E-state index is 6.20. The van der Waals surface area contributed by atoms with E-state index in [1.165, 1.54) is 70.8 Å². The zero-order valence-corrected chi connectivity index (χ0v) is 13.4. The van der Waals surface area contributed by atoms with Crippen LogP contribution in [0, 0.1) is 23.7 Å². The lowest BCUT2D eigenvalue weighted by Crippen LogP contribution is -2.52. The van der Waals surface area contributed by atoms with Gasteiger partial charge in [0, 0.05) is 12.1 Å². The molecule has 0 aromatic heterocycles. The molecule has 0 heterocycles. The predicted molar refractivity (Wildman–Crippen MR) is 85.6 cm³/mol. The van der Waals surface area contributed by atoms with E-state index in [-0.39, 0.29) is 5.54 Å². The highest BCUT2D eigenvalue weighted by molar-refractivity contribution is 4.97. The van der Waals surface area contributed by atoms with Crippen molar-refractivity contribution in [3.05, 3.63) is 0 Å². The van der Waals surface area contributed by atoms with Crippen molar-refractivity contribution in [2.75, 3.05) is 13.1 Å². The van der Waals surface area contributed by atoms with Crippen LogP contribution in [0.4, 0.5) is 0 Å². The second-order valence-electron chi connectivity index (χ2n) is 7.91. The SMILES string of the molecule is CCC1CCCC(CN)(NCC(C2CC2)C2CC2)CC1. The fourth-order valence-corrected chi connectivity index (χ4v) is 4.44. The maximum Gasteiger partial charge on any atom is 0.0304 e. The van der Waals surface area contributed by atoms with Crippen molar-refractivity contribution in [1.82, 2.24) is 5.32 Å². The monoisotopic (exact) mass is 278 g/mol. The lowest BCUT2D eigenvalue weighted by molar-refractivity contribution is 0.250. The zero-order valence-electron chi connectivity index (χ0n) is 13.4. The Kier molecular flexibility index (Phi) is 4.72. The minimum Gasteiger partial charge on any atom is -0.329 e. The molecule has 2 heteroatoms. The van der Waals surface area contributed by atoms with Gasteiger partial charge in [-0.2, -0.15) is 0 Å². The van der Waals surface area contributed by atoms with Crippen molar-refractivity contribution in [1.29, 1.82) is 0 Å². The summed E-state index contributed by atoms with van der Waals surface area (Å²) in [7, 11) is 0. The maximum absolute atomic E-state index is 6.20. The number of hydrogen-bond acceptors (Lipinski definition) is 2. The van der Waals surface area contributed by atoms with Crippen LogP contribution in [0.25, 0.3) is 0 Å². The van der Waals surface area contributed by atoms with E-state index in [0.29, 0.717) is 0 Å². The lowest BCUT2D eigenvalue weighted by Gasteiger charge is -2.35. The van der Waals surface area contributed by atoms with Gasteiger partial charge in [0.25, 0.3) is 0 Å². The molecule has 3 aliphatic carbocycles. The average molecular weight is 278 g/mol. The first-order valence-electron chi connectivity index (χ1n) is 9.21. The molecule has 2 unspecified atom stereocenters. The number of nitrogens with two attached hydrogens (primary N) is 1. The highest BCUT2D eigenvalue weighted by Crippen LogP contribution is 2.49. The van der Waals surface area contributed by atoms with Gasteiger partial charge >= 0.3 is 0 Å². The van der Waals surface area contributed by atoms with E-state index < -0.39 is 0 Å². The van der Waals surface area contributed by atoms with Gasteiger partial charge in [0.15, 0.2) is 0 Å². The predicted octanol–water partition coefficient (Wildman–Crippen LogP) is 3.70. The summed E-state index contributed by atoms with van der Waals surface area (Å²) in [5.41, 5.74) is 6.47. The molecule has 116 valence electrons. The Bertz CT molecular complexity index is 297. The minimum atomic E-state index is 0.270. The molecule has 0 aliphatic heterocycles. The summed E-state index contributed by atoms with van der Waals surface area (Å²) in [6, 6.07) is 0. The van der Waals surface area contributed by atoms with Crippen LogP contribution >= 0.6 is 0 Å². The minimum absolute atomic E-state index is 0.270. The third-order valence-electron chi connectivity index (χ3n) is 6.43. The van der Waals surface area contributed by atoms with Crippen molar-refractivity contribution < 1.29 is 0 Å². The van der Waals surface area contributed by atoms with E-state index >= 15 is 0 Å². The molecule has 3 N–H and O–H groups in total. The summed E-state index contributed by atoms with van der Waals surface area (Å²) in [5.74, 6) is 4.04. The summed E-state index contributed by atoms with van der Waals surface area (Å²) >= 11 is 0. The largest absolute Gasteiger partial charge is 0.329 e. The molecule has 3 saturated carbocycles. The van der Waals surface area contributed by atoms with Gasteiger partial charge in [-0.15, -0.1) is 0 Å². The first-order valence-corrected chi connectivity index (χ1v) is 9.21. The molecular formula is C18H34N2. The van der Waals surface area contributed by atoms with Crippen LogP contribution in [0.15, 0.2) is 0 Å². The van der Waals surface area contributed by atoms with Gasteiger partial charge in [-0.05, 0) is 75.2 Å². The average Bonchev–Trinajstić information content (AvgIpc) is 3.32. The van der Waals surface area contributed by atoms with Crippen molar-refractivity contribution in [2.45, 2.75) is 76.7 Å². The highest BCUT2D eigenvalue weighted by atomic mass is 15.0. The smallest absolute Gasteiger partial charge is 0.0304 e. The molecule has 2 atom stereocenters. The Morgan fingerprint density at radius 3 is 2.30 bits per heavy atom. The zero-order chi connectivity index (χ0) is 14.0. The van der Waals surface area contributed by atoms with Gasteiger partial charge < -0.3 is 11.1 Å². The van der Waals surface area contributed by atoms with Gasteiger partial charge in [-0.1, -0.05) is 26.2 Å². The van der Waals surface area contributed by atoms with Gasteiger partial charge in [-0.25, -0.2) is 0 Å². The summed E-state index contributed by atoms with van der Waals surface area (Å²) in [6.07, 6.45) is 14.1.